The summed E-state index contributed by atoms with van der Waals surface area (Å²) >= 11 is 0. The smallest absolute Gasteiger partial charge is 0.0758 e. The van der Waals surface area contributed by atoms with E-state index in [1.54, 1.807) is 0 Å². The number of hydrogen-bond acceptors (Lipinski definition) is 3. The second-order valence-corrected chi connectivity index (χ2v) is 6.16. The van der Waals surface area contributed by atoms with E-state index in [4.69, 9.17) is 4.74 Å². The monoisotopic (exact) mass is 293 g/mol. The normalized spacial score (nSPS) is 23.6. The van der Waals surface area contributed by atoms with Gasteiger partial charge in [-0.05, 0) is 44.7 Å². The third-order valence-electron chi connectivity index (χ3n) is 4.50. The lowest BCUT2D eigenvalue weighted by atomic mass is 9.94. The maximum Gasteiger partial charge on any atom is 0.0758 e. The molecule has 0 spiro atoms. The zero-order chi connectivity index (χ0) is 15.2. The van der Waals surface area contributed by atoms with Crippen molar-refractivity contribution in [3.63, 3.8) is 0 Å². The standard InChI is InChI=1S/C17H31N3O/c1-5-9-18-16(17-13(4)8-10-21-17)12-15-11-14(6-2)19-20(15)7-3/h11,13,16-18H,5-10,12H2,1-4H3. The van der Waals surface area contributed by atoms with Gasteiger partial charge in [0.25, 0.3) is 0 Å². The zero-order valence-electron chi connectivity index (χ0n) is 14.1. The first-order valence-corrected chi connectivity index (χ1v) is 8.60. The van der Waals surface area contributed by atoms with Gasteiger partial charge in [0.2, 0.25) is 0 Å². The van der Waals surface area contributed by atoms with Gasteiger partial charge in [-0.1, -0.05) is 20.8 Å². The summed E-state index contributed by atoms with van der Waals surface area (Å²) < 4.78 is 8.16. The van der Waals surface area contributed by atoms with E-state index in [2.05, 4.69) is 48.9 Å². The largest absolute Gasteiger partial charge is 0.376 e. The van der Waals surface area contributed by atoms with E-state index in [1.165, 1.54) is 17.8 Å². The molecule has 0 aromatic carbocycles. The van der Waals surface area contributed by atoms with Crippen LogP contribution in [-0.2, 0) is 24.1 Å². The van der Waals surface area contributed by atoms with Gasteiger partial charge < -0.3 is 10.1 Å². The average Bonchev–Trinajstić information content (AvgIpc) is 3.09. The molecule has 1 saturated heterocycles. The number of nitrogens with one attached hydrogen (secondary N) is 1. The molecule has 0 bridgehead atoms. The fourth-order valence-corrected chi connectivity index (χ4v) is 3.22. The summed E-state index contributed by atoms with van der Waals surface area (Å²) in [5, 5.41) is 8.38. The zero-order valence-corrected chi connectivity index (χ0v) is 14.1. The molecule has 2 rings (SSSR count). The van der Waals surface area contributed by atoms with Crippen molar-refractivity contribution in [1.29, 1.82) is 0 Å². The number of ether oxygens (including phenoxy) is 1. The van der Waals surface area contributed by atoms with E-state index >= 15 is 0 Å². The van der Waals surface area contributed by atoms with Crippen LogP contribution in [0.2, 0.25) is 0 Å². The molecule has 4 nitrogen and oxygen atoms in total. The van der Waals surface area contributed by atoms with Crippen LogP contribution in [-0.4, -0.2) is 35.1 Å². The van der Waals surface area contributed by atoms with E-state index < -0.39 is 0 Å². The van der Waals surface area contributed by atoms with Crippen LogP contribution in [0.25, 0.3) is 0 Å². The number of aryl methyl sites for hydroxylation is 2. The Morgan fingerprint density at radius 2 is 2.24 bits per heavy atom. The fraction of sp³-hybridized carbons (Fsp3) is 0.824. The third kappa shape index (κ3) is 4.07. The molecule has 1 N–H and O–H groups in total. The molecule has 120 valence electrons. The Kier molecular flexibility index (Phi) is 6.24. The molecule has 3 unspecified atom stereocenters. The van der Waals surface area contributed by atoms with Gasteiger partial charge in [0.15, 0.2) is 0 Å². The third-order valence-corrected chi connectivity index (χ3v) is 4.50. The van der Waals surface area contributed by atoms with Crippen LogP contribution < -0.4 is 5.32 Å². The molecule has 21 heavy (non-hydrogen) atoms. The maximum atomic E-state index is 6.01. The Morgan fingerprint density at radius 1 is 1.43 bits per heavy atom. The lowest BCUT2D eigenvalue weighted by Gasteiger charge is -2.27. The van der Waals surface area contributed by atoms with Crippen molar-refractivity contribution >= 4 is 0 Å². The highest BCUT2D eigenvalue weighted by Gasteiger charge is 2.32. The summed E-state index contributed by atoms with van der Waals surface area (Å²) in [4.78, 5) is 0. The average molecular weight is 293 g/mol. The lowest BCUT2D eigenvalue weighted by molar-refractivity contribution is 0.0604. The minimum Gasteiger partial charge on any atom is -0.376 e. The van der Waals surface area contributed by atoms with Gasteiger partial charge in [-0.15, -0.1) is 0 Å². The summed E-state index contributed by atoms with van der Waals surface area (Å²) in [6.45, 7) is 11.8. The number of rotatable bonds is 8. The van der Waals surface area contributed by atoms with Crippen molar-refractivity contribution in [2.45, 2.75) is 72.1 Å². The van der Waals surface area contributed by atoms with E-state index in [0.29, 0.717) is 18.1 Å². The van der Waals surface area contributed by atoms with Crippen molar-refractivity contribution in [1.82, 2.24) is 15.1 Å². The highest BCUT2D eigenvalue weighted by Crippen LogP contribution is 2.25. The Morgan fingerprint density at radius 3 is 2.81 bits per heavy atom. The van der Waals surface area contributed by atoms with Crippen LogP contribution in [0.15, 0.2) is 6.07 Å². The summed E-state index contributed by atoms with van der Waals surface area (Å²) in [7, 11) is 0. The van der Waals surface area contributed by atoms with Crippen molar-refractivity contribution < 1.29 is 4.74 Å². The van der Waals surface area contributed by atoms with E-state index in [-0.39, 0.29) is 0 Å². The summed E-state index contributed by atoms with van der Waals surface area (Å²) in [6.07, 6.45) is 4.69. The molecule has 1 aliphatic heterocycles. The molecule has 2 heterocycles. The maximum absolute atomic E-state index is 6.01. The highest BCUT2D eigenvalue weighted by atomic mass is 16.5. The Labute approximate surface area is 129 Å². The quantitative estimate of drug-likeness (QED) is 0.801. The minimum absolute atomic E-state index is 0.335. The molecule has 0 amide bonds. The van der Waals surface area contributed by atoms with Crippen molar-refractivity contribution in [3.05, 3.63) is 17.5 Å². The van der Waals surface area contributed by atoms with Gasteiger partial charge in [0.1, 0.15) is 0 Å². The lowest BCUT2D eigenvalue weighted by Crippen LogP contribution is -2.44. The molecular formula is C17H31N3O. The Bertz CT molecular complexity index is 430. The SMILES string of the molecule is CCCNC(Cc1cc(CC)nn1CC)C1OCCC1C. The molecule has 4 heteroatoms. The second-order valence-electron chi connectivity index (χ2n) is 6.16. The molecule has 1 aliphatic rings. The van der Waals surface area contributed by atoms with Crippen LogP contribution >= 0.6 is 0 Å². The van der Waals surface area contributed by atoms with Gasteiger partial charge >= 0.3 is 0 Å². The number of hydrogen-bond donors (Lipinski definition) is 1. The summed E-state index contributed by atoms with van der Waals surface area (Å²) in [6, 6.07) is 2.66. The summed E-state index contributed by atoms with van der Waals surface area (Å²) in [5.74, 6) is 0.642. The van der Waals surface area contributed by atoms with Gasteiger partial charge in [0, 0.05) is 31.3 Å². The van der Waals surface area contributed by atoms with Crippen molar-refractivity contribution in [2.24, 2.45) is 5.92 Å². The number of aromatic nitrogens is 2. The van der Waals surface area contributed by atoms with Crippen LogP contribution in [0, 0.1) is 5.92 Å². The van der Waals surface area contributed by atoms with Crippen LogP contribution in [0.4, 0.5) is 0 Å². The molecule has 0 saturated carbocycles. The second kappa shape index (κ2) is 7.95. The first kappa shape index (κ1) is 16.5. The number of nitrogens with zero attached hydrogens (tertiary/aromatic N) is 2. The topological polar surface area (TPSA) is 39.1 Å². The molecular weight excluding hydrogens is 262 g/mol. The molecule has 1 aromatic heterocycles. The first-order chi connectivity index (χ1) is 10.2. The van der Waals surface area contributed by atoms with Crippen LogP contribution in [0.5, 0.6) is 0 Å². The van der Waals surface area contributed by atoms with E-state index in [1.807, 2.05) is 0 Å². The summed E-state index contributed by atoms with van der Waals surface area (Å²) in [5.41, 5.74) is 2.53. The predicted molar refractivity (Wildman–Crippen MR) is 86.6 cm³/mol. The Hall–Kier alpha value is -0.870. The van der Waals surface area contributed by atoms with Crippen LogP contribution in [0.3, 0.4) is 0 Å². The molecule has 0 aliphatic carbocycles. The molecule has 1 aromatic rings. The molecule has 0 radical (unpaired) electrons. The van der Waals surface area contributed by atoms with Gasteiger partial charge in [-0.2, -0.15) is 5.10 Å². The van der Waals surface area contributed by atoms with Crippen LogP contribution in [0.1, 0.15) is 51.9 Å². The Balaban J connectivity index is 2.11. The minimum atomic E-state index is 0.335. The van der Waals surface area contributed by atoms with Gasteiger partial charge in [-0.25, -0.2) is 0 Å². The molecule has 1 fully saturated rings. The van der Waals surface area contributed by atoms with E-state index in [9.17, 15) is 0 Å². The first-order valence-electron chi connectivity index (χ1n) is 8.60. The molecule has 3 atom stereocenters. The van der Waals surface area contributed by atoms with Gasteiger partial charge in [0.05, 0.1) is 11.8 Å². The van der Waals surface area contributed by atoms with E-state index in [0.717, 1.165) is 39.0 Å². The van der Waals surface area contributed by atoms with Crippen molar-refractivity contribution in [2.75, 3.05) is 13.2 Å². The highest BCUT2D eigenvalue weighted by molar-refractivity contribution is 5.13. The van der Waals surface area contributed by atoms with Crippen molar-refractivity contribution in [3.8, 4) is 0 Å². The van der Waals surface area contributed by atoms with Gasteiger partial charge in [-0.3, -0.25) is 4.68 Å². The predicted octanol–water partition coefficient (Wildman–Crippen LogP) is 2.80. The fourth-order valence-electron chi connectivity index (χ4n) is 3.22.